The first-order chi connectivity index (χ1) is 42.1. The molecule has 17 nitrogen and oxygen atoms in total. The number of hydrogen-bond acceptors (Lipinski definition) is 15. The van der Waals surface area contributed by atoms with Gasteiger partial charge in [0.2, 0.25) is 0 Å². The molecule has 0 spiro atoms. The van der Waals surface area contributed by atoms with Gasteiger partial charge in [-0.3, -0.25) is 37.3 Å². The van der Waals surface area contributed by atoms with E-state index in [4.69, 9.17) is 37.0 Å². The van der Waals surface area contributed by atoms with Crippen molar-refractivity contribution in [1.29, 1.82) is 0 Å². The molecule has 0 heterocycles. The highest BCUT2D eigenvalue weighted by Crippen LogP contribution is 2.45. The molecule has 0 rings (SSSR count). The molecule has 0 aromatic heterocycles. The van der Waals surface area contributed by atoms with E-state index in [1.54, 1.807) is 0 Å². The van der Waals surface area contributed by atoms with Crippen molar-refractivity contribution >= 4 is 39.5 Å². The van der Waals surface area contributed by atoms with E-state index < -0.39 is 97.5 Å². The minimum Gasteiger partial charge on any atom is -0.462 e. The normalized spacial score (nSPS) is 14.6. The van der Waals surface area contributed by atoms with E-state index in [0.29, 0.717) is 31.6 Å². The van der Waals surface area contributed by atoms with Gasteiger partial charge >= 0.3 is 39.5 Å². The molecule has 0 radical (unpaired) electrons. The maximum atomic E-state index is 13.0. The zero-order valence-corrected chi connectivity index (χ0v) is 59.1. The molecule has 6 atom stereocenters. The number of rotatable bonds is 66. The lowest BCUT2D eigenvalue weighted by Crippen LogP contribution is -2.30. The molecule has 0 fully saturated rings. The lowest BCUT2D eigenvalue weighted by Gasteiger charge is -2.21. The molecule has 0 amide bonds. The summed E-state index contributed by atoms with van der Waals surface area (Å²) >= 11 is 0. The van der Waals surface area contributed by atoms with Crippen LogP contribution in [-0.4, -0.2) is 96.7 Å². The molecule has 0 aromatic carbocycles. The fourth-order valence-electron chi connectivity index (χ4n) is 10.3. The second-order valence-corrected chi connectivity index (χ2v) is 29.5. The summed E-state index contributed by atoms with van der Waals surface area (Å²) in [6.45, 7) is 14.0. The Bertz CT molecular complexity index is 1750. The Kier molecular flexibility index (Phi) is 57.6. The highest BCUT2D eigenvalue weighted by molar-refractivity contribution is 7.47. The average Bonchev–Trinajstić information content (AvgIpc) is 3.70. The summed E-state index contributed by atoms with van der Waals surface area (Å²) < 4.78 is 68.2. The van der Waals surface area contributed by atoms with Gasteiger partial charge in [0.1, 0.15) is 19.3 Å². The van der Waals surface area contributed by atoms with Crippen molar-refractivity contribution in [3.8, 4) is 0 Å². The summed E-state index contributed by atoms with van der Waals surface area (Å²) in [6, 6.07) is 0. The SMILES string of the molecule is CCC(C)CCCCCCCCC(=O)OC[C@H](COP(=O)(O)OC[C@H](O)COP(=O)(O)OC[C@@H](COC(=O)CCCCCCCCCCCCCC(C)C)OC(=O)CCCCCCCCCCCCCCC(C)C)OC(=O)CCCCCCCCC(C)C. The maximum absolute atomic E-state index is 13.0. The molecule has 19 heteroatoms. The molecule has 0 aliphatic heterocycles. The van der Waals surface area contributed by atoms with Gasteiger partial charge in [-0.15, -0.1) is 0 Å². The van der Waals surface area contributed by atoms with Crippen LogP contribution in [0.4, 0.5) is 0 Å². The van der Waals surface area contributed by atoms with Crippen molar-refractivity contribution in [1.82, 2.24) is 0 Å². The Hall–Kier alpha value is -1.94. The molecule has 0 bridgehead atoms. The summed E-state index contributed by atoms with van der Waals surface area (Å²) in [5, 5.41) is 10.6. The van der Waals surface area contributed by atoms with Crippen LogP contribution in [0.25, 0.3) is 0 Å². The van der Waals surface area contributed by atoms with Crippen molar-refractivity contribution < 1.29 is 80.2 Å². The van der Waals surface area contributed by atoms with E-state index in [1.807, 2.05) is 0 Å². The van der Waals surface area contributed by atoms with E-state index in [1.165, 1.54) is 135 Å². The van der Waals surface area contributed by atoms with E-state index >= 15 is 0 Å². The summed E-state index contributed by atoms with van der Waals surface area (Å²) in [6.07, 6.45) is 40.5. The standard InChI is InChI=1S/C69H134O17P2/c1-9-62(8)48-40-32-26-28-34-42-50-67(72)80-56-65(86-69(74)52-44-36-27-25-31-39-47-61(6)7)58-84-88(77,78)82-54-63(70)53-81-87(75,76)83-57-64(55-79-66(71)49-41-33-23-19-16-12-14-18-22-30-38-46-60(4)5)85-68(73)51-43-35-24-20-15-11-10-13-17-21-29-37-45-59(2)3/h59-65,70H,9-58H2,1-8H3,(H,75,76)(H,77,78)/t62?,63-,64-,65-/m1/s1. The van der Waals surface area contributed by atoms with Gasteiger partial charge in [-0.25, -0.2) is 9.13 Å². The quantitative estimate of drug-likeness (QED) is 0.0222. The highest BCUT2D eigenvalue weighted by Gasteiger charge is 2.30. The molecule has 0 aromatic rings. The predicted octanol–water partition coefficient (Wildman–Crippen LogP) is 19.3. The Morgan fingerprint density at radius 1 is 0.318 bits per heavy atom. The number of aliphatic hydroxyl groups excluding tert-OH is 1. The van der Waals surface area contributed by atoms with Gasteiger partial charge in [-0.2, -0.15) is 0 Å². The number of ether oxygens (including phenoxy) is 4. The van der Waals surface area contributed by atoms with Crippen LogP contribution in [0.5, 0.6) is 0 Å². The van der Waals surface area contributed by atoms with Gasteiger partial charge < -0.3 is 33.8 Å². The summed E-state index contributed by atoms with van der Waals surface area (Å²) in [4.78, 5) is 72.4. The fraction of sp³-hybridized carbons (Fsp3) is 0.942. The van der Waals surface area contributed by atoms with Crippen LogP contribution in [0, 0.1) is 23.7 Å². The second-order valence-electron chi connectivity index (χ2n) is 26.6. The van der Waals surface area contributed by atoms with E-state index in [2.05, 4.69) is 55.4 Å². The number of esters is 4. The van der Waals surface area contributed by atoms with Crippen LogP contribution in [0.15, 0.2) is 0 Å². The topological polar surface area (TPSA) is 237 Å². The van der Waals surface area contributed by atoms with E-state index in [9.17, 15) is 43.2 Å². The largest absolute Gasteiger partial charge is 0.472 e. The average molecular weight is 1300 g/mol. The van der Waals surface area contributed by atoms with E-state index in [-0.39, 0.29) is 25.7 Å². The van der Waals surface area contributed by atoms with Crippen LogP contribution < -0.4 is 0 Å². The monoisotopic (exact) mass is 1300 g/mol. The first kappa shape index (κ1) is 86.1. The van der Waals surface area contributed by atoms with Crippen LogP contribution in [0.3, 0.4) is 0 Å². The van der Waals surface area contributed by atoms with Crippen LogP contribution in [0.2, 0.25) is 0 Å². The lowest BCUT2D eigenvalue weighted by molar-refractivity contribution is -0.161. The van der Waals surface area contributed by atoms with Gasteiger partial charge in [0.25, 0.3) is 0 Å². The molecular weight excluding hydrogens is 1160 g/mol. The van der Waals surface area contributed by atoms with Crippen LogP contribution in [-0.2, 0) is 65.4 Å². The Balaban J connectivity index is 5.24. The molecular formula is C69H134O17P2. The molecule has 0 aliphatic carbocycles. The van der Waals surface area contributed by atoms with Gasteiger partial charge in [0, 0.05) is 25.7 Å². The molecule has 0 saturated heterocycles. The molecule has 0 aliphatic rings. The van der Waals surface area contributed by atoms with Crippen molar-refractivity contribution in [3.63, 3.8) is 0 Å². The zero-order chi connectivity index (χ0) is 65.4. The molecule has 88 heavy (non-hydrogen) atoms. The van der Waals surface area contributed by atoms with Gasteiger partial charge in [0.05, 0.1) is 26.4 Å². The van der Waals surface area contributed by atoms with Gasteiger partial charge in [-0.05, 0) is 49.4 Å². The van der Waals surface area contributed by atoms with Crippen molar-refractivity contribution in [2.45, 2.75) is 356 Å². The molecule has 0 saturated carbocycles. The first-order valence-corrected chi connectivity index (χ1v) is 38.7. The number of hydrogen-bond donors (Lipinski definition) is 3. The first-order valence-electron chi connectivity index (χ1n) is 35.7. The minimum atomic E-state index is -4.95. The van der Waals surface area contributed by atoms with Gasteiger partial charge in [0.15, 0.2) is 12.2 Å². The van der Waals surface area contributed by atoms with Crippen LogP contribution in [0.1, 0.15) is 338 Å². The zero-order valence-electron chi connectivity index (χ0n) is 57.3. The number of aliphatic hydroxyl groups is 1. The van der Waals surface area contributed by atoms with Crippen molar-refractivity contribution in [2.24, 2.45) is 23.7 Å². The number of carbonyl (C=O) groups is 4. The third-order valence-electron chi connectivity index (χ3n) is 16.2. The Labute approximate surface area is 537 Å². The number of phosphoric acid groups is 2. The predicted molar refractivity (Wildman–Crippen MR) is 354 cm³/mol. The third-order valence-corrected chi connectivity index (χ3v) is 18.1. The summed E-state index contributed by atoms with van der Waals surface area (Å²) in [5.74, 6) is 0.813. The highest BCUT2D eigenvalue weighted by atomic mass is 31.2. The molecule has 3 unspecified atom stereocenters. The minimum absolute atomic E-state index is 0.101. The maximum Gasteiger partial charge on any atom is 0.472 e. The van der Waals surface area contributed by atoms with Crippen molar-refractivity contribution in [2.75, 3.05) is 39.6 Å². The van der Waals surface area contributed by atoms with Crippen molar-refractivity contribution in [3.05, 3.63) is 0 Å². The number of phosphoric ester groups is 2. The number of carbonyl (C=O) groups excluding carboxylic acids is 4. The summed E-state index contributed by atoms with van der Waals surface area (Å²) in [5.41, 5.74) is 0. The number of unbranched alkanes of at least 4 members (excludes halogenated alkanes) is 31. The summed E-state index contributed by atoms with van der Waals surface area (Å²) in [7, 11) is -9.90. The Morgan fingerprint density at radius 3 is 0.807 bits per heavy atom. The third kappa shape index (κ3) is 61.6. The lowest BCUT2D eigenvalue weighted by atomic mass is 10.00. The fourth-order valence-corrected chi connectivity index (χ4v) is 11.9. The second kappa shape index (κ2) is 58.8. The van der Waals surface area contributed by atoms with E-state index in [0.717, 1.165) is 114 Å². The molecule has 3 N–H and O–H groups in total. The smallest absolute Gasteiger partial charge is 0.462 e. The van der Waals surface area contributed by atoms with Crippen LogP contribution >= 0.6 is 15.6 Å². The van der Waals surface area contributed by atoms with Gasteiger partial charge in [-0.1, -0.05) is 287 Å². The molecule has 522 valence electrons. The Morgan fingerprint density at radius 2 is 0.545 bits per heavy atom.